The minimum atomic E-state index is -0.945. The summed E-state index contributed by atoms with van der Waals surface area (Å²) >= 11 is 0. The topological polar surface area (TPSA) is 63.3 Å². The number of carbonyl (C=O) groups is 1. The van der Waals surface area contributed by atoms with Crippen LogP contribution >= 0.6 is 0 Å². The molecule has 1 saturated carbocycles. The Morgan fingerprint density at radius 1 is 1.57 bits per heavy atom. The van der Waals surface area contributed by atoms with E-state index in [-0.39, 0.29) is 5.56 Å². The van der Waals surface area contributed by atoms with Crippen molar-refractivity contribution in [2.75, 3.05) is 0 Å². The average Bonchev–Trinajstić information content (AvgIpc) is 2.75. The number of nitrogens with zero attached hydrogens (tertiary/aromatic N) is 1. The lowest BCUT2D eigenvalue weighted by atomic mass is 10.0. The summed E-state index contributed by atoms with van der Waals surface area (Å²) in [5, 5.41) is 12.4. The lowest BCUT2D eigenvalue weighted by Crippen LogP contribution is -2.04. The Bertz CT molecular complexity index is 326. The number of carboxylic acids is 1. The van der Waals surface area contributed by atoms with Crippen molar-refractivity contribution in [3.8, 4) is 0 Å². The molecule has 1 aliphatic carbocycles. The van der Waals surface area contributed by atoms with Gasteiger partial charge >= 0.3 is 5.97 Å². The zero-order valence-corrected chi connectivity index (χ0v) is 7.90. The predicted molar refractivity (Wildman–Crippen MR) is 49.1 cm³/mol. The van der Waals surface area contributed by atoms with Gasteiger partial charge in [0.25, 0.3) is 0 Å². The zero-order valence-electron chi connectivity index (χ0n) is 7.90. The highest BCUT2D eigenvalue weighted by Gasteiger charge is 2.21. The molecule has 1 N–H and O–H groups in total. The van der Waals surface area contributed by atoms with E-state index in [1.165, 1.54) is 31.9 Å². The van der Waals surface area contributed by atoms with Gasteiger partial charge in [-0.15, -0.1) is 0 Å². The van der Waals surface area contributed by atoms with Gasteiger partial charge in [0.1, 0.15) is 5.56 Å². The van der Waals surface area contributed by atoms with Gasteiger partial charge in [-0.3, -0.25) is 0 Å². The largest absolute Gasteiger partial charge is 0.478 e. The lowest BCUT2D eigenvalue weighted by Gasteiger charge is -2.05. The molecule has 4 nitrogen and oxygen atoms in total. The maximum Gasteiger partial charge on any atom is 0.340 e. The molecule has 0 aromatic carbocycles. The molecule has 0 unspecified atom stereocenters. The summed E-state index contributed by atoms with van der Waals surface area (Å²) in [7, 11) is 0. The van der Waals surface area contributed by atoms with Crippen LogP contribution < -0.4 is 0 Å². The third-order valence-electron chi connectivity index (χ3n) is 2.82. The normalized spacial score (nSPS) is 17.4. The van der Waals surface area contributed by atoms with E-state index in [1.807, 2.05) is 0 Å². The van der Waals surface area contributed by atoms with Crippen LogP contribution in [0.1, 0.15) is 41.8 Å². The van der Waals surface area contributed by atoms with Crippen LogP contribution in [0.3, 0.4) is 0 Å². The van der Waals surface area contributed by atoms with Crippen molar-refractivity contribution >= 4 is 5.97 Å². The first-order valence-electron chi connectivity index (χ1n) is 4.94. The summed E-state index contributed by atoms with van der Waals surface area (Å²) < 4.78 is 4.96. The molecule has 1 aliphatic rings. The van der Waals surface area contributed by atoms with Crippen molar-refractivity contribution < 1.29 is 14.4 Å². The summed E-state index contributed by atoms with van der Waals surface area (Å²) in [6.07, 6.45) is 6.87. The van der Waals surface area contributed by atoms with Gasteiger partial charge in [0.2, 0.25) is 0 Å². The van der Waals surface area contributed by atoms with E-state index in [9.17, 15) is 4.79 Å². The van der Waals surface area contributed by atoms with Crippen LogP contribution in [0, 0.1) is 5.92 Å². The van der Waals surface area contributed by atoms with Gasteiger partial charge in [-0.25, -0.2) is 4.79 Å². The molecular formula is C10H13NO3. The second kappa shape index (κ2) is 3.82. The molecule has 4 heteroatoms. The standard InChI is InChI=1S/C10H13NO3/c12-10(13)8-6-11-14-9(8)5-7-3-1-2-4-7/h6-7H,1-5H2,(H,12,13). The van der Waals surface area contributed by atoms with E-state index in [4.69, 9.17) is 9.63 Å². The number of carboxylic acid groups (broad SMARTS) is 1. The van der Waals surface area contributed by atoms with Crippen LogP contribution in [0.4, 0.5) is 0 Å². The summed E-state index contributed by atoms with van der Waals surface area (Å²) in [6.45, 7) is 0. The quantitative estimate of drug-likeness (QED) is 0.802. The fourth-order valence-electron chi connectivity index (χ4n) is 2.06. The van der Waals surface area contributed by atoms with Crippen molar-refractivity contribution in [1.82, 2.24) is 5.16 Å². The first-order chi connectivity index (χ1) is 6.77. The van der Waals surface area contributed by atoms with Crippen molar-refractivity contribution in [2.24, 2.45) is 5.92 Å². The van der Waals surface area contributed by atoms with E-state index < -0.39 is 5.97 Å². The molecule has 14 heavy (non-hydrogen) atoms. The van der Waals surface area contributed by atoms with Gasteiger partial charge in [0.05, 0.1) is 6.20 Å². The smallest absolute Gasteiger partial charge is 0.340 e. The van der Waals surface area contributed by atoms with Crippen LogP contribution in [0.5, 0.6) is 0 Å². The monoisotopic (exact) mass is 195 g/mol. The fraction of sp³-hybridized carbons (Fsp3) is 0.600. The van der Waals surface area contributed by atoms with Crippen molar-refractivity contribution in [3.63, 3.8) is 0 Å². The Morgan fingerprint density at radius 3 is 2.93 bits per heavy atom. The molecule has 0 atom stereocenters. The maximum atomic E-state index is 10.8. The molecule has 76 valence electrons. The predicted octanol–water partition coefficient (Wildman–Crippen LogP) is 2.11. The van der Waals surface area contributed by atoms with Gasteiger partial charge in [-0.1, -0.05) is 30.8 Å². The van der Waals surface area contributed by atoms with Crippen molar-refractivity contribution in [3.05, 3.63) is 17.5 Å². The van der Waals surface area contributed by atoms with Gasteiger partial charge in [-0.2, -0.15) is 0 Å². The molecule has 0 radical (unpaired) electrons. The van der Waals surface area contributed by atoms with Crippen LogP contribution in [-0.2, 0) is 6.42 Å². The second-order valence-electron chi connectivity index (χ2n) is 3.82. The number of rotatable bonds is 3. The number of aromatic carboxylic acids is 1. The Labute approximate surface area is 81.9 Å². The van der Waals surface area contributed by atoms with Crippen LogP contribution in [0.2, 0.25) is 0 Å². The summed E-state index contributed by atoms with van der Waals surface area (Å²) in [6, 6.07) is 0. The molecule has 0 spiro atoms. The Kier molecular flexibility index (Phi) is 2.52. The minimum absolute atomic E-state index is 0.219. The maximum absolute atomic E-state index is 10.8. The lowest BCUT2D eigenvalue weighted by molar-refractivity contribution is 0.0694. The Hall–Kier alpha value is -1.32. The van der Waals surface area contributed by atoms with Crippen molar-refractivity contribution in [1.29, 1.82) is 0 Å². The summed E-state index contributed by atoms with van der Waals surface area (Å²) in [4.78, 5) is 10.8. The van der Waals surface area contributed by atoms with Gasteiger partial charge in [0.15, 0.2) is 5.76 Å². The number of hydrogen-bond donors (Lipinski definition) is 1. The van der Waals surface area contributed by atoms with Crippen LogP contribution in [0.15, 0.2) is 10.7 Å². The molecule has 1 fully saturated rings. The second-order valence-corrected chi connectivity index (χ2v) is 3.82. The molecule has 0 aliphatic heterocycles. The third kappa shape index (κ3) is 1.78. The summed E-state index contributed by atoms with van der Waals surface area (Å²) in [5.41, 5.74) is 0.219. The third-order valence-corrected chi connectivity index (χ3v) is 2.82. The molecule has 1 heterocycles. The van der Waals surface area contributed by atoms with Crippen molar-refractivity contribution in [2.45, 2.75) is 32.1 Å². The minimum Gasteiger partial charge on any atom is -0.478 e. The van der Waals surface area contributed by atoms with E-state index in [0.29, 0.717) is 11.7 Å². The van der Waals surface area contributed by atoms with Crippen LogP contribution in [-0.4, -0.2) is 16.2 Å². The van der Waals surface area contributed by atoms with Gasteiger partial charge in [-0.05, 0) is 5.92 Å². The summed E-state index contributed by atoms with van der Waals surface area (Å²) in [5.74, 6) is 0.171. The molecular weight excluding hydrogens is 182 g/mol. The number of aromatic nitrogens is 1. The number of hydrogen-bond acceptors (Lipinski definition) is 3. The molecule has 1 aromatic heterocycles. The zero-order chi connectivity index (χ0) is 9.97. The van der Waals surface area contributed by atoms with Gasteiger partial charge in [0, 0.05) is 6.42 Å². The SMILES string of the molecule is O=C(O)c1cnoc1CC1CCCC1. The van der Waals surface area contributed by atoms with Crippen LogP contribution in [0.25, 0.3) is 0 Å². The Morgan fingerprint density at radius 2 is 2.29 bits per heavy atom. The first-order valence-corrected chi connectivity index (χ1v) is 4.94. The highest BCUT2D eigenvalue weighted by Crippen LogP contribution is 2.28. The molecule has 0 amide bonds. The fourth-order valence-corrected chi connectivity index (χ4v) is 2.06. The van der Waals surface area contributed by atoms with E-state index in [1.54, 1.807) is 0 Å². The van der Waals surface area contributed by atoms with E-state index in [2.05, 4.69) is 5.16 Å². The molecule has 0 saturated heterocycles. The molecule has 2 rings (SSSR count). The highest BCUT2D eigenvalue weighted by atomic mass is 16.5. The first kappa shape index (κ1) is 9.24. The van der Waals surface area contributed by atoms with Gasteiger partial charge < -0.3 is 9.63 Å². The highest BCUT2D eigenvalue weighted by molar-refractivity contribution is 5.88. The molecule has 1 aromatic rings. The molecule has 0 bridgehead atoms. The Balaban J connectivity index is 2.07. The van der Waals surface area contributed by atoms with E-state index >= 15 is 0 Å². The average molecular weight is 195 g/mol. The van der Waals surface area contributed by atoms with E-state index in [0.717, 1.165) is 6.42 Å².